The first-order valence-corrected chi connectivity index (χ1v) is 8.94. The SMILES string of the molecule is O=C(OCc1cn(-c2ccc(C(F)(F)F)cn2)nn1)c1cn(Cc2ccccc2)nn1. The quantitative estimate of drug-likeness (QED) is 0.435. The number of carbonyl (C=O) groups is 1. The van der Waals surface area contributed by atoms with Gasteiger partial charge >= 0.3 is 12.1 Å². The molecule has 0 bridgehead atoms. The Balaban J connectivity index is 1.35. The van der Waals surface area contributed by atoms with E-state index in [2.05, 4.69) is 25.6 Å². The lowest BCUT2D eigenvalue weighted by Crippen LogP contribution is -2.07. The summed E-state index contributed by atoms with van der Waals surface area (Å²) in [6, 6.07) is 11.6. The van der Waals surface area contributed by atoms with Crippen molar-refractivity contribution in [2.24, 2.45) is 0 Å². The molecule has 0 amide bonds. The van der Waals surface area contributed by atoms with Crippen LogP contribution in [-0.4, -0.2) is 40.9 Å². The molecule has 0 fully saturated rings. The number of benzene rings is 1. The van der Waals surface area contributed by atoms with Crippen molar-refractivity contribution in [3.8, 4) is 5.82 Å². The van der Waals surface area contributed by atoms with E-state index in [1.165, 1.54) is 27.8 Å². The molecule has 0 spiro atoms. The van der Waals surface area contributed by atoms with Gasteiger partial charge in [0.1, 0.15) is 12.3 Å². The van der Waals surface area contributed by atoms with Crippen LogP contribution in [0.1, 0.15) is 27.3 Å². The number of nitrogens with zero attached hydrogens (tertiary/aromatic N) is 7. The first-order chi connectivity index (χ1) is 14.9. The summed E-state index contributed by atoms with van der Waals surface area (Å²) in [5.41, 5.74) is 0.450. The van der Waals surface area contributed by atoms with Crippen LogP contribution >= 0.6 is 0 Å². The summed E-state index contributed by atoms with van der Waals surface area (Å²) in [6.07, 6.45) is -0.904. The van der Waals surface area contributed by atoms with E-state index in [1.54, 1.807) is 0 Å². The maximum atomic E-state index is 12.6. The Morgan fingerprint density at radius 1 is 1.00 bits per heavy atom. The highest BCUT2D eigenvalue weighted by Crippen LogP contribution is 2.28. The van der Waals surface area contributed by atoms with Gasteiger partial charge in [0.25, 0.3) is 0 Å². The minimum atomic E-state index is -4.48. The second-order valence-electron chi connectivity index (χ2n) is 6.42. The summed E-state index contributed by atoms with van der Waals surface area (Å²) >= 11 is 0. The molecule has 3 aromatic heterocycles. The topological polar surface area (TPSA) is 101 Å². The lowest BCUT2D eigenvalue weighted by molar-refractivity contribution is -0.137. The van der Waals surface area contributed by atoms with Crippen molar-refractivity contribution < 1.29 is 22.7 Å². The van der Waals surface area contributed by atoms with Crippen molar-refractivity contribution in [2.75, 3.05) is 0 Å². The predicted octanol–water partition coefficient (Wildman–Crippen LogP) is 2.68. The van der Waals surface area contributed by atoms with Gasteiger partial charge in [-0.25, -0.2) is 19.1 Å². The van der Waals surface area contributed by atoms with E-state index in [-0.39, 0.29) is 23.8 Å². The molecule has 9 nitrogen and oxygen atoms in total. The molecule has 0 unspecified atom stereocenters. The van der Waals surface area contributed by atoms with Crippen LogP contribution in [0.4, 0.5) is 13.2 Å². The molecular formula is C19H14F3N7O2. The number of pyridine rings is 1. The van der Waals surface area contributed by atoms with Crippen LogP contribution in [0.2, 0.25) is 0 Å². The second kappa shape index (κ2) is 8.34. The Kier molecular flexibility index (Phi) is 5.43. The molecule has 0 saturated carbocycles. The monoisotopic (exact) mass is 429 g/mol. The maximum absolute atomic E-state index is 12.6. The summed E-state index contributed by atoms with van der Waals surface area (Å²) in [5, 5.41) is 15.3. The number of halogens is 3. The molecule has 31 heavy (non-hydrogen) atoms. The molecule has 0 atom stereocenters. The zero-order valence-corrected chi connectivity index (χ0v) is 15.8. The van der Waals surface area contributed by atoms with Gasteiger partial charge in [-0.2, -0.15) is 13.2 Å². The van der Waals surface area contributed by atoms with E-state index in [9.17, 15) is 18.0 Å². The number of hydrogen-bond donors (Lipinski definition) is 0. The Bertz CT molecular complexity index is 1170. The normalized spacial score (nSPS) is 11.5. The van der Waals surface area contributed by atoms with Crippen LogP contribution < -0.4 is 0 Å². The number of carbonyl (C=O) groups excluding carboxylic acids is 1. The van der Waals surface area contributed by atoms with Gasteiger partial charge in [-0.15, -0.1) is 10.2 Å². The molecular weight excluding hydrogens is 415 g/mol. The summed E-state index contributed by atoms with van der Waals surface area (Å²) in [6.45, 7) is 0.251. The average Bonchev–Trinajstić information content (AvgIpc) is 3.42. The average molecular weight is 429 g/mol. The third kappa shape index (κ3) is 4.91. The van der Waals surface area contributed by atoms with Crippen molar-refractivity contribution in [1.82, 2.24) is 35.0 Å². The summed E-state index contributed by atoms with van der Waals surface area (Å²) < 4.78 is 45.7. The van der Waals surface area contributed by atoms with Gasteiger partial charge in [-0.05, 0) is 17.7 Å². The van der Waals surface area contributed by atoms with Crippen LogP contribution in [0.25, 0.3) is 5.82 Å². The molecule has 0 radical (unpaired) electrons. The molecule has 1 aromatic carbocycles. The fourth-order valence-corrected chi connectivity index (χ4v) is 2.62. The largest absolute Gasteiger partial charge is 0.454 e. The molecule has 158 valence electrons. The molecule has 0 aliphatic rings. The second-order valence-corrected chi connectivity index (χ2v) is 6.42. The number of hydrogen-bond acceptors (Lipinski definition) is 7. The first-order valence-electron chi connectivity index (χ1n) is 8.94. The maximum Gasteiger partial charge on any atom is 0.417 e. The van der Waals surface area contributed by atoms with E-state index in [0.29, 0.717) is 12.7 Å². The fraction of sp³-hybridized carbons (Fsp3) is 0.158. The fourth-order valence-electron chi connectivity index (χ4n) is 2.62. The van der Waals surface area contributed by atoms with Crippen molar-refractivity contribution in [3.63, 3.8) is 0 Å². The Morgan fingerprint density at radius 3 is 2.52 bits per heavy atom. The van der Waals surface area contributed by atoms with Gasteiger partial charge in [0.2, 0.25) is 0 Å². The Labute approximate surface area is 173 Å². The smallest absolute Gasteiger partial charge is 0.417 e. The minimum absolute atomic E-state index is 0.0349. The molecule has 4 rings (SSSR count). The van der Waals surface area contributed by atoms with Crippen molar-refractivity contribution >= 4 is 5.97 Å². The van der Waals surface area contributed by atoms with Gasteiger partial charge in [0.05, 0.1) is 24.5 Å². The van der Waals surface area contributed by atoms with Gasteiger partial charge in [-0.1, -0.05) is 40.8 Å². The minimum Gasteiger partial charge on any atom is -0.454 e. The highest BCUT2D eigenvalue weighted by atomic mass is 19.4. The third-order valence-electron chi connectivity index (χ3n) is 4.14. The van der Waals surface area contributed by atoms with Gasteiger partial charge in [0, 0.05) is 6.20 Å². The zero-order valence-electron chi connectivity index (χ0n) is 15.8. The molecule has 0 aliphatic carbocycles. The van der Waals surface area contributed by atoms with E-state index < -0.39 is 17.7 Å². The third-order valence-corrected chi connectivity index (χ3v) is 4.14. The van der Waals surface area contributed by atoms with Crippen LogP contribution in [-0.2, 0) is 24.1 Å². The van der Waals surface area contributed by atoms with Crippen LogP contribution in [0, 0.1) is 0 Å². The van der Waals surface area contributed by atoms with Crippen LogP contribution in [0.5, 0.6) is 0 Å². The van der Waals surface area contributed by atoms with E-state index >= 15 is 0 Å². The van der Waals surface area contributed by atoms with Crippen molar-refractivity contribution in [1.29, 1.82) is 0 Å². The Hall–Kier alpha value is -4.09. The predicted molar refractivity (Wildman–Crippen MR) is 98.8 cm³/mol. The van der Waals surface area contributed by atoms with Gasteiger partial charge in [0.15, 0.2) is 11.5 Å². The number of rotatable bonds is 6. The standard InChI is InChI=1S/C19H14F3N7O2/c20-19(21,22)14-6-7-17(23-8-14)29-10-15(24-27-29)12-31-18(30)16-11-28(26-25-16)9-13-4-2-1-3-5-13/h1-8,10-11H,9,12H2. The molecule has 12 heteroatoms. The van der Waals surface area contributed by atoms with E-state index in [0.717, 1.165) is 11.6 Å². The number of ether oxygens (including phenoxy) is 1. The van der Waals surface area contributed by atoms with E-state index in [4.69, 9.17) is 4.74 Å². The highest BCUT2D eigenvalue weighted by molar-refractivity contribution is 5.86. The first kappa shape index (κ1) is 20.2. The molecule has 3 heterocycles. The molecule has 0 N–H and O–H groups in total. The highest BCUT2D eigenvalue weighted by Gasteiger charge is 2.30. The number of esters is 1. The van der Waals surface area contributed by atoms with Gasteiger partial charge in [-0.3, -0.25) is 0 Å². The number of alkyl halides is 3. The Morgan fingerprint density at radius 2 is 1.81 bits per heavy atom. The van der Waals surface area contributed by atoms with Crippen LogP contribution in [0.15, 0.2) is 61.1 Å². The lowest BCUT2D eigenvalue weighted by atomic mass is 10.2. The molecule has 4 aromatic rings. The van der Waals surface area contributed by atoms with Crippen molar-refractivity contribution in [2.45, 2.75) is 19.3 Å². The molecule has 0 aliphatic heterocycles. The molecule has 0 saturated heterocycles. The van der Waals surface area contributed by atoms with E-state index in [1.807, 2.05) is 30.3 Å². The summed E-state index contributed by atoms with van der Waals surface area (Å²) in [4.78, 5) is 15.9. The summed E-state index contributed by atoms with van der Waals surface area (Å²) in [7, 11) is 0. The number of aromatic nitrogens is 7. The zero-order chi connectivity index (χ0) is 21.8. The van der Waals surface area contributed by atoms with Crippen LogP contribution in [0.3, 0.4) is 0 Å². The van der Waals surface area contributed by atoms with Gasteiger partial charge < -0.3 is 4.74 Å². The van der Waals surface area contributed by atoms with Crippen molar-refractivity contribution in [3.05, 3.63) is 83.6 Å². The lowest BCUT2D eigenvalue weighted by Gasteiger charge is -2.06. The summed E-state index contributed by atoms with van der Waals surface area (Å²) in [5.74, 6) is -0.552.